The molecule has 2 aliphatic rings. The number of aliphatic imine (C=N–C) groups is 1. The van der Waals surface area contributed by atoms with Gasteiger partial charge < -0.3 is 25.6 Å². The van der Waals surface area contributed by atoms with Crippen molar-refractivity contribution < 1.29 is 32.3 Å². The number of guanidine groups is 1. The van der Waals surface area contributed by atoms with Crippen LogP contribution in [0.5, 0.6) is 0 Å². The number of amides is 3. The van der Waals surface area contributed by atoms with Crippen molar-refractivity contribution in [3.63, 3.8) is 0 Å². The molecule has 2 saturated heterocycles. The lowest BCUT2D eigenvalue weighted by Crippen LogP contribution is -2.54. The van der Waals surface area contributed by atoms with Crippen molar-refractivity contribution in [3.05, 3.63) is 35.9 Å². The second-order valence-electron chi connectivity index (χ2n) is 11.8. The van der Waals surface area contributed by atoms with E-state index in [0.29, 0.717) is 45.6 Å². The lowest BCUT2D eigenvalue weighted by atomic mass is 9.97. The number of likely N-dealkylation sites (tertiary alicyclic amines) is 2. The van der Waals surface area contributed by atoms with Crippen LogP contribution in [0.1, 0.15) is 70.3 Å². The number of piperidine rings is 1. The highest BCUT2D eigenvalue weighted by molar-refractivity contribution is 7.88. The molecule has 250 valence electrons. The first kappa shape index (κ1) is 36.0. The molecule has 0 bridgehead atoms. The summed E-state index contributed by atoms with van der Waals surface area (Å²) < 4.78 is 31.7. The normalized spacial score (nSPS) is 18.4. The molecule has 2 fully saturated rings. The third-order valence-electron chi connectivity index (χ3n) is 8.07. The smallest absolute Gasteiger partial charge is 0.306 e. The van der Waals surface area contributed by atoms with Crippen molar-refractivity contribution in [3.8, 4) is 0 Å². The summed E-state index contributed by atoms with van der Waals surface area (Å²) in [4.78, 5) is 58.0. The number of rotatable bonds is 15. The van der Waals surface area contributed by atoms with E-state index in [0.717, 1.165) is 43.9 Å². The summed E-state index contributed by atoms with van der Waals surface area (Å²) in [6.07, 6.45) is 6.52. The SMILES string of the molecule is CCCCCOC(=O)CCC(=O)N=C(N)N1CCC(CNC(=O)[C@@H]2CCCN2C(=O)[C@@H](Cc2ccccc2)NS(C)(=O)=O)CC1. The predicted molar refractivity (Wildman–Crippen MR) is 170 cm³/mol. The number of hydrogen-bond acceptors (Lipinski definition) is 7. The molecular formula is C31H48N6O7S. The predicted octanol–water partition coefficient (Wildman–Crippen LogP) is 1.32. The summed E-state index contributed by atoms with van der Waals surface area (Å²) in [5.74, 6) is -1.26. The van der Waals surface area contributed by atoms with Gasteiger partial charge in [-0.05, 0) is 50.0 Å². The van der Waals surface area contributed by atoms with Crippen LogP contribution in [0.15, 0.2) is 35.3 Å². The van der Waals surface area contributed by atoms with Crippen LogP contribution >= 0.6 is 0 Å². The van der Waals surface area contributed by atoms with E-state index in [2.05, 4.69) is 22.0 Å². The zero-order valence-electron chi connectivity index (χ0n) is 26.4. The third kappa shape index (κ3) is 12.4. The van der Waals surface area contributed by atoms with Crippen LogP contribution in [0.2, 0.25) is 0 Å². The van der Waals surface area contributed by atoms with Crippen LogP contribution in [0.4, 0.5) is 0 Å². The van der Waals surface area contributed by atoms with E-state index < -0.39 is 39.9 Å². The Labute approximate surface area is 266 Å². The Morgan fingerprint density at radius 1 is 1.04 bits per heavy atom. The maximum Gasteiger partial charge on any atom is 0.306 e. The van der Waals surface area contributed by atoms with Gasteiger partial charge in [-0.25, -0.2) is 13.1 Å². The first-order valence-corrected chi connectivity index (χ1v) is 17.7. The summed E-state index contributed by atoms with van der Waals surface area (Å²) in [5.41, 5.74) is 6.87. The molecule has 0 spiro atoms. The van der Waals surface area contributed by atoms with Crippen LogP contribution < -0.4 is 15.8 Å². The lowest BCUT2D eigenvalue weighted by Gasteiger charge is -2.33. The number of ether oxygens (including phenoxy) is 1. The molecule has 0 saturated carbocycles. The average Bonchev–Trinajstić information content (AvgIpc) is 3.50. The number of carbonyl (C=O) groups excluding carboxylic acids is 4. The number of nitrogens with one attached hydrogen (secondary N) is 2. The standard InChI is InChI=1S/C31H48N6O7S/c1-3-4-8-20-44-28(39)14-13-27(38)34-31(32)36-18-15-24(16-19-36)22-33-29(40)26-12-9-17-37(26)30(41)25(35-45(2,42)43)21-23-10-6-5-7-11-23/h5-7,10-11,24-26,35H,3-4,8-9,12-22H2,1-2H3,(H,33,40)(H2,32,34,38)/t25-,26+/m1/s1. The highest BCUT2D eigenvalue weighted by Gasteiger charge is 2.38. The van der Waals surface area contributed by atoms with E-state index in [1.54, 1.807) is 0 Å². The van der Waals surface area contributed by atoms with E-state index in [1.165, 1.54) is 4.90 Å². The molecule has 4 N–H and O–H groups in total. The van der Waals surface area contributed by atoms with Crippen LogP contribution in [0, 0.1) is 5.92 Å². The lowest BCUT2D eigenvalue weighted by molar-refractivity contribution is -0.144. The van der Waals surface area contributed by atoms with Gasteiger partial charge in [0.1, 0.15) is 12.1 Å². The molecule has 3 amide bonds. The van der Waals surface area contributed by atoms with E-state index in [-0.39, 0.29) is 37.0 Å². The van der Waals surface area contributed by atoms with Gasteiger partial charge >= 0.3 is 5.97 Å². The Morgan fingerprint density at radius 3 is 2.42 bits per heavy atom. The quantitative estimate of drug-likeness (QED) is 0.109. The molecule has 2 atom stereocenters. The van der Waals surface area contributed by atoms with Crippen LogP contribution in [-0.2, 0) is 40.4 Å². The van der Waals surface area contributed by atoms with E-state index in [4.69, 9.17) is 10.5 Å². The molecule has 0 aliphatic carbocycles. The minimum absolute atomic E-state index is 0.0323. The molecule has 1 aromatic rings. The Morgan fingerprint density at radius 2 is 1.76 bits per heavy atom. The summed E-state index contributed by atoms with van der Waals surface area (Å²) >= 11 is 0. The van der Waals surface area contributed by atoms with Crippen molar-refractivity contribution in [2.75, 3.05) is 39.0 Å². The largest absolute Gasteiger partial charge is 0.466 e. The Bertz CT molecular complexity index is 1280. The topological polar surface area (TPSA) is 181 Å². The summed E-state index contributed by atoms with van der Waals surface area (Å²) in [6, 6.07) is 7.48. The highest BCUT2D eigenvalue weighted by atomic mass is 32.2. The van der Waals surface area contributed by atoms with Gasteiger partial charge in [-0.3, -0.25) is 19.2 Å². The van der Waals surface area contributed by atoms with E-state index in [9.17, 15) is 27.6 Å². The van der Waals surface area contributed by atoms with Gasteiger partial charge in [-0.1, -0.05) is 50.1 Å². The van der Waals surface area contributed by atoms with Gasteiger partial charge in [0.15, 0.2) is 5.96 Å². The van der Waals surface area contributed by atoms with Gasteiger partial charge in [0.2, 0.25) is 27.7 Å². The first-order valence-electron chi connectivity index (χ1n) is 15.8. The van der Waals surface area contributed by atoms with Crippen LogP contribution in [0.25, 0.3) is 0 Å². The number of esters is 1. The van der Waals surface area contributed by atoms with Gasteiger partial charge in [0.05, 0.1) is 19.3 Å². The number of sulfonamides is 1. The fourth-order valence-electron chi connectivity index (χ4n) is 5.59. The monoisotopic (exact) mass is 648 g/mol. The van der Waals surface area contributed by atoms with Gasteiger partial charge in [0, 0.05) is 32.6 Å². The molecule has 0 aromatic heterocycles. The molecule has 2 aliphatic heterocycles. The summed E-state index contributed by atoms with van der Waals surface area (Å²) in [5, 5.41) is 2.99. The number of hydrogen-bond donors (Lipinski definition) is 3. The van der Waals surface area contributed by atoms with Crippen molar-refractivity contribution in [2.24, 2.45) is 16.6 Å². The molecule has 14 heteroatoms. The fourth-order valence-corrected chi connectivity index (χ4v) is 6.29. The van der Waals surface area contributed by atoms with Crippen molar-refractivity contribution in [1.29, 1.82) is 0 Å². The zero-order valence-corrected chi connectivity index (χ0v) is 27.2. The van der Waals surface area contributed by atoms with Crippen LogP contribution in [0.3, 0.4) is 0 Å². The van der Waals surface area contributed by atoms with Crippen molar-refractivity contribution in [1.82, 2.24) is 19.8 Å². The summed E-state index contributed by atoms with van der Waals surface area (Å²) in [7, 11) is -3.67. The number of benzene rings is 1. The van der Waals surface area contributed by atoms with Crippen molar-refractivity contribution >= 4 is 39.7 Å². The van der Waals surface area contributed by atoms with E-state index >= 15 is 0 Å². The Balaban J connectivity index is 1.44. The Kier molecular flexibility index (Phi) is 14.2. The number of unbranched alkanes of at least 4 members (excludes halogenated alkanes) is 2. The number of carbonyl (C=O) groups is 4. The molecule has 2 heterocycles. The van der Waals surface area contributed by atoms with Gasteiger partial charge in [-0.2, -0.15) is 4.99 Å². The maximum atomic E-state index is 13.5. The maximum absolute atomic E-state index is 13.5. The minimum Gasteiger partial charge on any atom is -0.466 e. The average molecular weight is 649 g/mol. The second-order valence-corrected chi connectivity index (χ2v) is 13.6. The number of nitrogens with zero attached hydrogens (tertiary/aromatic N) is 3. The third-order valence-corrected chi connectivity index (χ3v) is 8.78. The molecular weight excluding hydrogens is 600 g/mol. The zero-order chi connectivity index (χ0) is 32.8. The minimum atomic E-state index is -3.67. The molecule has 1 aromatic carbocycles. The highest BCUT2D eigenvalue weighted by Crippen LogP contribution is 2.21. The molecule has 3 rings (SSSR count). The molecule has 13 nitrogen and oxygen atoms in total. The molecule has 45 heavy (non-hydrogen) atoms. The van der Waals surface area contributed by atoms with Gasteiger partial charge in [-0.15, -0.1) is 0 Å². The molecule has 0 radical (unpaired) electrons. The van der Waals surface area contributed by atoms with Gasteiger partial charge in [0.25, 0.3) is 0 Å². The van der Waals surface area contributed by atoms with Crippen molar-refractivity contribution in [2.45, 2.75) is 83.2 Å². The first-order chi connectivity index (χ1) is 21.5. The number of nitrogens with two attached hydrogens (primary N) is 1. The van der Waals surface area contributed by atoms with E-state index in [1.807, 2.05) is 35.2 Å². The fraction of sp³-hybridized carbons (Fsp3) is 0.645. The molecule has 0 unspecified atom stereocenters. The van der Waals surface area contributed by atoms with Crippen LogP contribution in [-0.4, -0.2) is 99.0 Å². The second kappa shape index (κ2) is 17.8. The Hall–Kier alpha value is -3.52. The summed E-state index contributed by atoms with van der Waals surface area (Å²) in [6.45, 7) is 4.36.